The first-order valence-corrected chi connectivity index (χ1v) is 16.0. The lowest BCUT2D eigenvalue weighted by Gasteiger charge is -2.33. The summed E-state index contributed by atoms with van der Waals surface area (Å²) in [5.41, 5.74) is 3.97. The number of thiophene rings is 1. The van der Waals surface area contributed by atoms with Gasteiger partial charge in [0.05, 0.1) is 11.2 Å². The zero-order valence-electron chi connectivity index (χ0n) is 25.0. The van der Waals surface area contributed by atoms with E-state index in [2.05, 4.69) is 25.8 Å². The average Bonchev–Trinajstić information content (AvgIpc) is 3.77. The van der Waals surface area contributed by atoms with Crippen molar-refractivity contribution in [2.45, 2.75) is 64.2 Å². The molecule has 2 fully saturated rings. The van der Waals surface area contributed by atoms with E-state index in [-0.39, 0.29) is 24.1 Å². The van der Waals surface area contributed by atoms with Crippen LogP contribution >= 0.6 is 11.3 Å². The molecule has 2 N–H and O–H groups in total. The maximum Gasteiger partial charge on any atom is 0.410 e. The van der Waals surface area contributed by atoms with Gasteiger partial charge in [-0.15, -0.1) is 0 Å². The van der Waals surface area contributed by atoms with Crippen LogP contribution in [0.3, 0.4) is 0 Å². The Morgan fingerprint density at radius 1 is 1.02 bits per heavy atom. The molecule has 43 heavy (non-hydrogen) atoms. The Balaban J connectivity index is 1.11. The van der Waals surface area contributed by atoms with Gasteiger partial charge in [0.1, 0.15) is 23.5 Å². The fourth-order valence-corrected chi connectivity index (χ4v) is 6.53. The van der Waals surface area contributed by atoms with Crippen LogP contribution in [0.25, 0.3) is 22.2 Å². The van der Waals surface area contributed by atoms with Crippen LogP contribution in [0.1, 0.15) is 58.1 Å². The molecular weight excluding hydrogens is 562 g/mol. The van der Waals surface area contributed by atoms with E-state index in [9.17, 15) is 9.59 Å². The lowest BCUT2D eigenvalue weighted by Crippen LogP contribution is -2.44. The first-order chi connectivity index (χ1) is 20.7. The van der Waals surface area contributed by atoms with Crippen LogP contribution in [0.2, 0.25) is 0 Å². The van der Waals surface area contributed by atoms with Crippen molar-refractivity contribution in [3.63, 3.8) is 0 Å². The molecule has 4 heterocycles. The average molecular weight is 602 g/mol. The van der Waals surface area contributed by atoms with E-state index >= 15 is 0 Å². The van der Waals surface area contributed by atoms with Crippen molar-refractivity contribution < 1.29 is 19.1 Å². The van der Waals surface area contributed by atoms with E-state index in [0.717, 1.165) is 77.9 Å². The second-order valence-electron chi connectivity index (χ2n) is 12.3. The molecule has 2 aliphatic heterocycles. The molecule has 0 bridgehead atoms. The number of likely N-dealkylation sites (tertiary alicyclic amines) is 2. The summed E-state index contributed by atoms with van der Waals surface area (Å²) >= 11 is 1.62. The van der Waals surface area contributed by atoms with Crippen molar-refractivity contribution in [3.8, 4) is 17.0 Å². The summed E-state index contributed by atoms with van der Waals surface area (Å²) in [5.74, 6) is 0.775. The van der Waals surface area contributed by atoms with Crippen LogP contribution in [0, 0.1) is 0 Å². The smallest absolute Gasteiger partial charge is 0.410 e. The number of piperidine rings is 1. The SMILES string of the molecule is CC(C)(C)OC(=O)N1CCC(Oc2ccc(-c3n[nH]c4ccc(NC(=O)C(c5ccsc5)N5CCCC5)cc34)cc2)CC1. The van der Waals surface area contributed by atoms with E-state index in [1.807, 2.05) is 74.7 Å². The summed E-state index contributed by atoms with van der Waals surface area (Å²) in [5, 5.41) is 15.9. The third-order valence-corrected chi connectivity index (χ3v) is 8.67. The van der Waals surface area contributed by atoms with Crippen molar-refractivity contribution in [2.24, 2.45) is 0 Å². The number of benzene rings is 2. The number of aromatic nitrogens is 2. The number of H-pyrrole nitrogens is 1. The highest BCUT2D eigenvalue weighted by atomic mass is 32.1. The summed E-state index contributed by atoms with van der Waals surface area (Å²) in [6, 6.07) is 15.6. The third-order valence-electron chi connectivity index (χ3n) is 7.97. The number of hydrogen-bond acceptors (Lipinski definition) is 7. The zero-order valence-corrected chi connectivity index (χ0v) is 25.8. The first-order valence-electron chi connectivity index (χ1n) is 15.0. The summed E-state index contributed by atoms with van der Waals surface area (Å²) in [6.07, 6.45) is 3.53. The molecule has 1 unspecified atom stereocenters. The third kappa shape index (κ3) is 6.86. The van der Waals surface area contributed by atoms with Crippen LogP contribution in [-0.2, 0) is 9.53 Å². The molecule has 226 valence electrons. The molecule has 0 saturated carbocycles. The number of aromatic amines is 1. The summed E-state index contributed by atoms with van der Waals surface area (Å²) < 4.78 is 11.7. The number of fused-ring (bicyclic) bond motifs is 1. The minimum absolute atomic E-state index is 0.0110. The fourth-order valence-electron chi connectivity index (χ4n) is 5.85. The van der Waals surface area contributed by atoms with Gasteiger partial charge in [0, 0.05) is 42.6 Å². The summed E-state index contributed by atoms with van der Waals surface area (Å²) in [6.45, 7) is 8.73. The predicted molar refractivity (Wildman–Crippen MR) is 169 cm³/mol. The number of amides is 2. The number of anilines is 1. The zero-order chi connectivity index (χ0) is 30.0. The molecule has 0 spiro atoms. The lowest BCUT2D eigenvalue weighted by molar-refractivity contribution is -0.121. The predicted octanol–water partition coefficient (Wildman–Crippen LogP) is 6.85. The Labute approximate surface area is 256 Å². The van der Waals surface area contributed by atoms with Gasteiger partial charge >= 0.3 is 6.09 Å². The van der Waals surface area contributed by atoms with Crippen molar-refractivity contribution in [1.29, 1.82) is 0 Å². The highest BCUT2D eigenvalue weighted by molar-refractivity contribution is 7.08. The minimum atomic E-state index is -0.498. The molecule has 2 amide bonds. The van der Waals surface area contributed by atoms with Crippen LogP contribution in [0.5, 0.6) is 5.75 Å². The summed E-state index contributed by atoms with van der Waals surface area (Å²) in [4.78, 5) is 29.9. The highest BCUT2D eigenvalue weighted by Crippen LogP contribution is 2.32. The molecule has 2 saturated heterocycles. The van der Waals surface area contributed by atoms with Gasteiger partial charge in [-0.2, -0.15) is 16.4 Å². The fraction of sp³-hybridized carbons (Fsp3) is 0.424. The molecule has 9 nitrogen and oxygen atoms in total. The van der Waals surface area contributed by atoms with Gasteiger partial charge in [-0.1, -0.05) is 0 Å². The number of carbonyl (C=O) groups is 2. The quantitative estimate of drug-likeness (QED) is 0.241. The van der Waals surface area contributed by atoms with Crippen molar-refractivity contribution in [1.82, 2.24) is 20.0 Å². The van der Waals surface area contributed by atoms with E-state index in [1.165, 1.54) is 0 Å². The molecule has 4 aromatic rings. The number of nitrogens with zero attached hydrogens (tertiary/aromatic N) is 3. The Bertz CT molecular complexity index is 1550. The summed E-state index contributed by atoms with van der Waals surface area (Å²) in [7, 11) is 0. The van der Waals surface area contributed by atoms with Crippen LogP contribution in [0.4, 0.5) is 10.5 Å². The maximum absolute atomic E-state index is 13.5. The van der Waals surface area contributed by atoms with Gasteiger partial charge in [-0.25, -0.2) is 4.79 Å². The van der Waals surface area contributed by atoms with Crippen LogP contribution in [0.15, 0.2) is 59.3 Å². The molecule has 2 aromatic carbocycles. The normalized spacial score (nSPS) is 17.2. The number of ether oxygens (including phenoxy) is 2. The van der Waals surface area contributed by atoms with Crippen LogP contribution in [-0.4, -0.2) is 69.9 Å². The molecule has 2 aromatic heterocycles. The number of hydrogen-bond donors (Lipinski definition) is 2. The van der Waals surface area contributed by atoms with Gasteiger partial charge in [0.15, 0.2) is 0 Å². The molecule has 2 aliphatic rings. The number of rotatable bonds is 7. The molecule has 0 aliphatic carbocycles. The van der Waals surface area contributed by atoms with Gasteiger partial charge in [0.25, 0.3) is 0 Å². The van der Waals surface area contributed by atoms with Gasteiger partial charge in [0.2, 0.25) is 5.91 Å². The Kier molecular flexibility index (Phi) is 8.41. The highest BCUT2D eigenvalue weighted by Gasteiger charge is 2.30. The van der Waals surface area contributed by atoms with E-state index < -0.39 is 5.60 Å². The number of nitrogens with one attached hydrogen (secondary N) is 2. The first kappa shape index (κ1) is 29.2. The van der Waals surface area contributed by atoms with E-state index in [4.69, 9.17) is 9.47 Å². The largest absolute Gasteiger partial charge is 0.490 e. The maximum atomic E-state index is 13.5. The second-order valence-corrected chi connectivity index (χ2v) is 13.1. The monoisotopic (exact) mass is 601 g/mol. The molecule has 10 heteroatoms. The Hall–Kier alpha value is -3.89. The Morgan fingerprint density at radius 3 is 2.44 bits per heavy atom. The van der Waals surface area contributed by atoms with E-state index in [0.29, 0.717) is 13.1 Å². The van der Waals surface area contributed by atoms with Gasteiger partial charge < -0.3 is 19.7 Å². The van der Waals surface area contributed by atoms with Crippen LogP contribution < -0.4 is 10.1 Å². The molecule has 0 radical (unpaired) electrons. The second kappa shape index (κ2) is 12.4. The minimum Gasteiger partial charge on any atom is -0.490 e. The van der Waals surface area contributed by atoms with Crippen molar-refractivity contribution >= 4 is 39.9 Å². The Morgan fingerprint density at radius 2 is 1.77 bits per heavy atom. The van der Waals surface area contributed by atoms with Crippen molar-refractivity contribution in [2.75, 3.05) is 31.5 Å². The van der Waals surface area contributed by atoms with E-state index in [1.54, 1.807) is 16.2 Å². The molecule has 1 atom stereocenters. The standard InChI is InChI=1S/C33H39N5O4S/c1-33(2,3)42-32(40)38-17-12-26(13-18-38)41-25-9-6-22(7-10-25)29-27-20-24(8-11-28(27)35-36-29)34-31(39)30(23-14-19-43-21-23)37-15-4-5-16-37/h6-11,14,19-21,26,30H,4-5,12-13,15-18H2,1-3H3,(H,34,39)(H,35,36). The topological polar surface area (TPSA) is 99.8 Å². The van der Waals surface area contributed by atoms with Gasteiger partial charge in [-0.3, -0.25) is 14.8 Å². The van der Waals surface area contributed by atoms with Crippen molar-refractivity contribution in [3.05, 3.63) is 64.9 Å². The lowest BCUT2D eigenvalue weighted by atomic mass is 10.1. The molecular formula is C33H39N5O4S. The number of carbonyl (C=O) groups excluding carboxylic acids is 2. The molecule has 6 rings (SSSR count). The van der Waals surface area contributed by atoms with Gasteiger partial charge in [-0.05, 0) is 112 Å².